The highest BCUT2D eigenvalue weighted by atomic mass is 14.9. The van der Waals surface area contributed by atoms with Gasteiger partial charge in [0.25, 0.3) is 0 Å². The van der Waals surface area contributed by atoms with E-state index in [0.29, 0.717) is 6.04 Å². The summed E-state index contributed by atoms with van der Waals surface area (Å²) in [4.78, 5) is 0. The maximum Gasteiger partial charge on any atom is 0.0404 e. The van der Waals surface area contributed by atoms with E-state index in [-0.39, 0.29) is 0 Å². The van der Waals surface area contributed by atoms with Gasteiger partial charge in [-0.3, -0.25) is 0 Å². The minimum Gasteiger partial charge on any atom is -0.382 e. The average molecular weight is 221 g/mol. The fourth-order valence-corrected chi connectivity index (χ4v) is 1.58. The molecular formula is C15H27N. The van der Waals surface area contributed by atoms with E-state index in [1.165, 1.54) is 16.8 Å². The molecule has 0 heterocycles. The van der Waals surface area contributed by atoms with Gasteiger partial charge in [-0.2, -0.15) is 0 Å². The summed E-state index contributed by atoms with van der Waals surface area (Å²) in [5.74, 6) is 0. The monoisotopic (exact) mass is 221 g/mol. The molecule has 0 saturated heterocycles. The van der Waals surface area contributed by atoms with Crippen LogP contribution in [0.25, 0.3) is 0 Å². The van der Waals surface area contributed by atoms with Crippen molar-refractivity contribution in [2.24, 2.45) is 0 Å². The van der Waals surface area contributed by atoms with E-state index in [0.717, 1.165) is 12.8 Å². The first kappa shape index (κ1) is 15.0. The molecule has 0 aromatic heterocycles. The highest BCUT2D eigenvalue weighted by Gasteiger charge is 2.05. The van der Waals surface area contributed by atoms with Gasteiger partial charge >= 0.3 is 0 Å². The Kier molecular flexibility index (Phi) is 7.70. The maximum atomic E-state index is 3.58. The summed E-state index contributed by atoms with van der Waals surface area (Å²) in [6, 6.07) is 7.07. The van der Waals surface area contributed by atoms with Crippen LogP contribution in [0, 0.1) is 6.92 Å². The molecule has 1 nitrogen and oxygen atoms in total. The van der Waals surface area contributed by atoms with Crippen LogP contribution in [0.2, 0.25) is 0 Å². The Bertz CT molecular complexity index is 291. The molecule has 0 bridgehead atoms. The second kappa shape index (κ2) is 8.20. The quantitative estimate of drug-likeness (QED) is 0.770. The van der Waals surface area contributed by atoms with Crippen molar-refractivity contribution in [3.05, 3.63) is 29.3 Å². The van der Waals surface area contributed by atoms with Crippen LogP contribution < -0.4 is 5.32 Å². The molecule has 0 spiro atoms. The molecule has 0 aliphatic rings. The Morgan fingerprint density at radius 2 is 1.81 bits per heavy atom. The van der Waals surface area contributed by atoms with Gasteiger partial charge in [-0.05, 0) is 37.8 Å². The lowest BCUT2D eigenvalue weighted by molar-refractivity contribution is 0.761. The van der Waals surface area contributed by atoms with Gasteiger partial charge in [-0.15, -0.1) is 0 Å². The second-order valence-corrected chi connectivity index (χ2v) is 3.92. The zero-order valence-corrected chi connectivity index (χ0v) is 11.7. The molecule has 1 unspecified atom stereocenters. The summed E-state index contributed by atoms with van der Waals surface area (Å²) in [5.41, 5.74) is 4.11. The third-order valence-electron chi connectivity index (χ3n) is 2.74. The largest absolute Gasteiger partial charge is 0.382 e. The summed E-state index contributed by atoms with van der Waals surface area (Å²) in [7, 11) is 0. The molecule has 1 N–H and O–H groups in total. The van der Waals surface area contributed by atoms with Crippen LogP contribution in [0.15, 0.2) is 18.2 Å². The number of aryl methyl sites for hydroxylation is 2. The van der Waals surface area contributed by atoms with Gasteiger partial charge in [0.2, 0.25) is 0 Å². The lowest BCUT2D eigenvalue weighted by atomic mass is 10.0. The Balaban J connectivity index is 0.00000106. The van der Waals surface area contributed by atoms with E-state index >= 15 is 0 Å². The highest BCUT2D eigenvalue weighted by Crippen LogP contribution is 2.22. The van der Waals surface area contributed by atoms with Crippen LogP contribution in [-0.2, 0) is 6.42 Å². The van der Waals surface area contributed by atoms with E-state index in [1.807, 2.05) is 13.8 Å². The maximum absolute atomic E-state index is 3.58. The normalized spacial score (nSPS) is 11.4. The second-order valence-electron chi connectivity index (χ2n) is 3.92. The minimum absolute atomic E-state index is 0.557. The highest BCUT2D eigenvalue weighted by molar-refractivity contribution is 5.57. The summed E-state index contributed by atoms with van der Waals surface area (Å²) >= 11 is 0. The van der Waals surface area contributed by atoms with Crippen molar-refractivity contribution in [3.63, 3.8) is 0 Å². The van der Waals surface area contributed by atoms with E-state index < -0.39 is 0 Å². The molecule has 1 rings (SSSR count). The van der Waals surface area contributed by atoms with Crippen molar-refractivity contribution in [1.29, 1.82) is 0 Å². The Morgan fingerprint density at radius 3 is 2.31 bits per heavy atom. The van der Waals surface area contributed by atoms with Crippen LogP contribution in [0.5, 0.6) is 0 Å². The van der Waals surface area contributed by atoms with Crippen molar-refractivity contribution in [3.8, 4) is 0 Å². The number of hydrogen-bond acceptors (Lipinski definition) is 1. The molecule has 16 heavy (non-hydrogen) atoms. The number of rotatable bonds is 4. The SMILES string of the molecule is CC.CCc1cccc(C)c1NC(C)CC. The van der Waals surface area contributed by atoms with Crippen LogP contribution in [0.1, 0.15) is 52.2 Å². The molecule has 0 radical (unpaired) electrons. The van der Waals surface area contributed by atoms with Crippen molar-refractivity contribution < 1.29 is 0 Å². The van der Waals surface area contributed by atoms with Gasteiger partial charge in [0.05, 0.1) is 0 Å². The summed E-state index contributed by atoms with van der Waals surface area (Å²) in [6.45, 7) is 12.8. The fourth-order valence-electron chi connectivity index (χ4n) is 1.58. The zero-order valence-electron chi connectivity index (χ0n) is 11.7. The molecule has 92 valence electrons. The summed E-state index contributed by atoms with van der Waals surface area (Å²) in [5, 5.41) is 3.58. The predicted octanol–water partition coefficient (Wildman–Crippen LogP) is 4.79. The Hall–Kier alpha value is -0.980. The number of hydrogen-bond donors (Lipinski definition) is 1. The van der Waals surface area contributed by atoms with Crippen LogP contribution in [0.4, 0.5) is 5.69 Å². The smallest absolute Gasteiger partial charge is 0.0404 e. The first-order valence-electron chi connectivity index (χ1n) is 6.54. The van der Waals surface area contributed by atoms with Gasteiger partial charge in [0.15, 0.2) is 0 Å². The molecule has 1 heteroatoms. The predicted molar refractivity (Wildman–Crippen MR) is 75.3 cm³/mol. The molecule has 1 atom stereocenters. The number of benzene rings is 1. The standard InChI is InChI=1S/C13H21N.C2H6/c1-5-11(4)14-13-10(3)8-7-9-12(13)6-2;1-2/h7-9,11,14H,5-6H2,1-4H3;1-2H3. The fraction of sp³-hybridized carbons (Fsp3) is 0.600. The van der Waals surface area contributed by atoms with Crippen molar-refractivity contribution >= 4 is 5.69 Å². The van der Waals surface area contributed by atoms with Crippen LogP contribution in [0.3, 0.4) is 0 Å². The first-order chi connectivity index (χ1) is 7.69. The number of anilines is 1. The topological polar surface area (TPSA) is 12.0 Å². The van der Waals surface area contributed by atoms with E-state index in [9.17, 15) is 0 Å². The molecule has 0 fully saturated rings. The van der Waals surface area contributed by atoms with Gasteiger partial charge < -0.3 is 5.32 Å². The third kappa shape index (κ3) is 4.26. The van der Waals surface area contributed by atoms with E-state index in [1.54, 1.807) is 0 Å². The number of para-hydroxylation sites is 1. The molecular weight excluding hydrogens is 194 g/mol. The minimum atomic E-state index is 0.557. The Labute approximate surface area is 101 Å². The van der Waals surface area contributed by atoms with Crippen LogP contribution >= 0.6 is 0 Å². The van der Waals surface area contributed by atoms with Gasteiger partial charge in [0, 0.05) is 11.7 Å². The van der Waals surface area contributed by atoms with Gasteiger partial charge in [-0.1, -0.05) is 45.9 Å². The molecule has 1 aromatic rings. The molecule has 0 aliphatic heterocycles. The first-order valence-corrected chi connectivity index (χ1v) is 6.54. The van der Waals surface area contributed by atoms with Crippen molar-refractivity contribution in [2.75, 3.05) is 5.32 Å². The van der Waals surface area contributed by atoms with Crippen LogP contribution in [-0.4, -0.2) is 6.04 Å². The van der Waals surface area contributed by atoms with Gasteiger partial charge in [-0.25, -0.2) is 0 Å². The zero-order chi connectivity index (χ0) is 12.6. The van der Waals surface area contributed by atoms with Gasteiger partial charge in [0.1, 0.15) is 0 Å². The third-order valence-corrected chi connectivity index (χ3v) is 2.74. The van der Waals surface area contributed by atoms with E-state index in [4.69, 9.17) is 0 Å². The Morgan fingerprint density at radius 1 is 1.19 bits per heavy atom. The van der Waals surface area contributed by atoms with E-state index in [2.05, 4.69) is 51.2 Å². The average Bonchev–Trinajstić information content (AvgIpc) is 2.34. The summed E-state index contributed by atoms with van der Waals surface area (Å²) < 4.78 is 0. The molecule has 1 aromatic carbocycles. The van der Waals surface area contributed by atoms with Crippen molar-refractivity contribution in [2.45, 2.75) is 60.4 Å². The molecule has 0 amide bonds. The summed E-state index contributed by atoms with van der Waals surface area (Å²) in [6.07, 6.45) is 2.26. The molecule has 0 saturated carbocycles. The molecule has 0 aliphatic carbocycles. The number of nitrogens with one attached hydrogen (secondary N) is 1. The lowest BCUT2D eigenvalue weighted by Crippen LogP contribution is -2.15. The lowest BCUT2D eigenvalue weighted by Gasteiger charge is -2.18. The van der Waals surface area contributed by atoms with Crippen molar-refractivity contribution in [1.82, 2.24) is 0 Å².